The maximum Gasteiger partial charge on any atom is 0.237 e. The second-order valence-corrected chi connectivity index (χ2v) is 6.36. The summed E-state index contributed by atoms with van der Waals surface area (Å²) in [6.07, 6.45) is 5.43. The molecule has 1 saturated carbocycles. The van der Waals surface area contributed by atoms with Gasteiger partial charge in [-0.2, -0.15) is 0 Å². The average Bonchev–Trinajstić information content (AvgIpc) is 2.60. The number of benzene rings is 1. The number of amides is 1. The number of hydrogen-bond acceptors (Lipinski definition) is 2. The van der Waals surface area contributed by atoms with E-state index in [1.54, 1.807) is 0 Å². The molecule has 2 aliphatic rings. The minimum absolute atomic E-state index is 0.00803. The zero-order valence-electron chi connectivity index (χ0n) is 11.6. The molecule has 108 valence electrons. The molecule has 2 N–H and O–H groups in total. The molecule has 3 nitrogen and oxygen atoms in total. The predicted molar refractivity (Wildman–Crippen MR) is 81.0 cm³/mol. The van der Waals surface area contributed by atoms with Crippen molar-refractivity contribution in [2.45, 2.75) is 50.1 Å². The topological polar surface area (TPSA) is 41.1 Å². The van der Waals surface area contributed by atoms with Crippen LogP contribution in [0.5, 0.6) is 0 Å². The molecule has 2 fully saturated rings. The minimum Gasteiger partial charge on any atom is -0.355 e. The molecular weight excluding hydrogens is 272 g/mol. The normalized spacial score (nSPS) is 30.2. The zero-order valence-corrected chi connectivity index (χ0v) is 12.3. The third-order valence-electron chi connectivity index (χ3n) is 4.45. The summed E-state index contributed by atoms with van der Waals surface area (Å²) in [4.78, 5) is 11.9. The van der Waals surface area contributed by atoms with Crippen LogP contribution in [0.4, 0.5) is 0 Å². The van der Waals surface area contributed by atoms with Crippen LogP contribution in [0, 0.1) is 0 Å². The summed E-state index contributed by atoms with van der Waals surface area (Å²) in [5, 5.41) is 7.29. The quantitative estimate of drug-likeness (QED) is 0.899. The van der Waals surface area contributed by atoms with Gasteiger partial charge in [0.05, 0.1) is 6.04 Å². The molecule has 1 aliphatic carbocycles. The lowest BCUT2D eigenvalue weighted by molar-refractivity contribution is -0.123. The van der Waals surface area contributed by atoms with Gasteiger partial charge in [0.1, 0.15) is 0 Å². The van der Waals surface area contributed by atoms with Gasteiger partial charge in [0.15, 0.2) is 0 Å². The first-order valence-corrected chi connectivity index (χ1v) is 7.89. The highest BCUT2D eigenvalue weighted by molar-refractivity contribution is 6.30. The molecule has 0 spiro atoms. The van der Waals surface area contributed by atoms with Crippen molar-refractivity contribution in [3.05, 3.63) is 34.9 Å². The SMILES string of the molecule is O=C1NCCCCC1NC1CC(c2ccc(Cl)cc2)C1. The van der Waals surface area contributed by atoms with Gasteiger partial charge < -0.3 is 10.6 Å². The molecule has 1 aromatic carbocycles. The average molecular weight is 293 g/mol. The van der Waals surface area contributed by atoms with Crippen LogP contribution >= 0.6 is 11.6 Å². The van der Waals surface area contributed by atoms with Crippen molar-refractivity contribution >= 4 is 17.5 Å². The highest BCUT2D eigenvalue weighted by Crippen LogP contribution is 2.37. The Hall–Kier alpha value is -1.06. The fourth-order valence-electron chi connectivity index (χ4n) is 3.14. The summed E-state index contributed by atoms with van der Waals surface area (Å²) >= 11 is 5.91. The van der Waals surface area contributed by atoms with E-state index in [4.69, 9.17) is 11.6 Å². The summed E-state index contributed by atoms with van der Waals surface area (Å²) in [6.45, 7) is 0.828. The van der Waals surface area contributed by atoms with Gasteiger partial charge in [0.25, 0.3) is 0 Å². The molecule has 20 heavy (non-hydrogen) atoms. The number of halogens is 1. The molecule has 1 unspecified atom stereocenters. The fraction of sp³-hybridized carbons (Fsp3) is 0.562. The monoisotopic (exact) mass is 292 g/mol. The van der Waals surface area contributed by atoms with Crippen molar-refractivity contribution in [1.82, 2.24) is 10.6 Å². The number of rotatable bonds is 3. The van der Waals surface area contributed by atoms with E-state index in [1.807, 2.05) is 12.1 Å². The lowest BCUT2D eigenvalue weighted by Gasteiger charge is -2.38. The summed E-state index contributed by atoms with van der Waals surface area (Å²) < 4.78 is 0. The molecule has 0 bridgehead atoms. The smallest absolute Gasteiger partial charge is 0.237 e. The second-order valence-electron chi connectivity index (χ2n) is 5.92. The number of carbonyl (C=O) groups is 1. The first-order chi connectivity index (χ1) is 9.72. The molecule has 1 atom stereocenters. The van der Waals surface area contributed by atoms with E-state index in [-0.39, 0.29) is 11.9 Å². The third kappa shape index (κ3) is 3.15. The Morgan fingerprint density at radius 1 is 1.15 bits per heavy atom. The highest BCUT2D eigenvalue weighted by atomic mass is 35.5. The van der Waals surface area contributed by atoms with Crippen molar-refractivity contribution in [3.63, 3.8) is 0 Å². The largest absolute Gasteiger partial charge is 0.355 e. The molecule has 1 aromatic rings. The fourth-order valence-corrected chi connectivity index (χ4v) is 3.27. The Morgan fingerprint density at radius 3 is 2.65 bits per heavy atom. The molecular formula is C16H21ClN2O. The van der Waals surface area contributed by atoms with Gasteiger partial charge in [-0.1, -0.05) is 23.7 Å². The first-order valence-electron chi connectivity index (χ1n) is 7.51. The van der Waals surface area contributed by atoms with E-state index >= 15 is 0 Å². The summed E-state index contributed by atoms with van der Waals surface area (Å²) in [7, 11) is 0. The maximum absolute atomic E-state index is 11.9. The van der Waals surface area contributed by atoms with Crippen LogP contribution in [0.1, 0.15) is 43.6 Å². The van der Waals surface area contributed by atoms with E-state index in [2.05, 4.69) is 22.8 Å². The number of hydrogen-bond donors (Lipinski definition) is 2. The van der Waals surface area contributed by atoms with E-state index in [9.17, 15) is 4.79 Å². The Morgan fingerprint density at radius 2 is 1.90 bits per heavy atom. The highest BCUT2D eigenvalue weighted by Gasteiger charge is 2.33. The third-order valence-corrected chi connectivity index (χ3v) is 4.70. The predicted octanol–water partition coefficient (Wildman–Crippen LogP) is 2.84. The van der Waals surface area contributed by atoms with Crippen molar-refractivity contribution in [3.8, 4) is 0 Å². The number of carbonyl (C=O) groups excluding carboxylic acids is 1. The zero-order chi connectivity index (χ0) is 13.9. The van der Waals surface area contributed by atoms with Gasteiger partial charge >= 0.3 is 0 Å². The van der Waals surface area contributed by atoms with Crippen molar-refractivity contribution < 1.29 is 4.79 Å². The molecule has 1 aliphatic heterocycles. The molecule has 3 rings (SSSR count). The standard InChI is InChI=1S/C16H21ClN2O/c17-13-6-4-11(5-7-13)12-9-14(10-12)19-15-3-1-2-8-18-16(15)20/h4-7,12,14-15,19H,1-3,8-10H2,(H,18,20). The Labute approximate surface area is 125 Å². The molecule has 1 saturated heterocycles. The second kappa shape index (κ2) is 6.15. The lowest BCUT2D eigenvalue weighted by atomic mass is 9.75. The van der Waals surface area contributed by atoms with Crippen LogP contribution in [-0.4, -0.2) is 24.5 Å². The molecule has 1 amide bonds. The van der Waals surface area contributed by atoms with Crippen LogP contribution in [-0.2, 0) is 4.79 Å². The molecule has 4 heteroatoms. The van der Waals surface area contributed by atoms with Gasteiger partial charge in [-0.15, -0.1) is 0 Å². The molecule has 1 heterocycles. The van der Waals surface area contributed by atoms with E-state index in [1.165, 1.54) is 5.56 Å². The van der Waals surface area contributed by atoms with Crippen LogP contribution in [0.15, 0.2) is 24.3 Å². The molecule has 0 aromatic heterocycles. The Bertz CT molecular complexity index is 468. The van der Waals surface area contributed by atoms with E-state index in [0.29, 0.717) is 12.0 Å². The maximum atomic E-state index is 11.9. The summed E-state index contributed by atoms with van der Waals surface area (Å²) in [5.41, 5.74) is 1.36. The van der Waals surface area contributed by atoms with E-state index < -0.39 is 0 Å². The lowest BCUT2D eigenvalue weighted by Crippen LogP contribution is -2.51. The minimum atomic E-state index is 0.00803. The van der Waals surface area contributed by atoms with Crippen molar-refractivity contribution in [1.29, 1.82) is 0 Å². The van der Waals surface area contributed by atoms with E-state index in [0.717, 1.165) is 43.7 Å². The van der Waals surface area contributed by atoms with Gasteiger partial charge in [0, 0.05) is 17.6 Å². The van der Waals surface area contributed by atoms with Crippen LogP contribution in [0.2, 0.25) is 5.02 Å². The Kier molecular flexibility index (Phi) is 4.27. The van der Waals surface area contributed by atoms with Crippen LogP contribution in [0.3, 0.4) is 0 Å². The van der Waals surface area contributed by atoms with Gasteiger partial charge in [0.2, 0.25) is 5.91 Å². The first kappa shape index (κ1) is 13.9. The van der Waals surface area contributed by atoms with Gasteiger partial charge in [-0.25, -0.2) is 0 Å². The van der Waals surface area contributed by atoms with Gasteiger partial charge in [-0.3, -0.25) is 4.79 Å². The van der Waals surface area contributed by atoms with Gasteiger partial charge in [-0.05, 0) is 55.7 Å². The van der Waals surface area contributed by atoms with Crippen molar-refractivity contribution in [2.75, 3.05) is 6.54 Å². The van der Waals surface area contributed by atoms with Crippen LogP contribution in [0.25, 0.3) is 0 Å². The number of nitrogens with one attached hydrogen (secondary N) is 2. The van der Waals surface area contributed by atoms with Crippen LogP contribution < -0.4 is 10.6 Å². The summed E-state index contributed by atoms with van der Waals surface area (Å²) in [6, 6.07) is 8.62. The summed E-state index contributed by atoms with van der Waals surface area (Å²) in [5.74, 6) is 0.788. The molecule has 0 radical (unpaired) electrons. The Balaban J connectivity index is 1.50. The van der Waals surface area contributed by atoms with Crippen molar-refractivity contribution in [2.24, 2.45) is 0 Å².